The Kier molecular flexibility index (Phi) is 6.55. The fourth-order valence-electron chi connectivity index (χ4n) is 2.55. The van der Waals surface area contributed by atoms with E-state index in [4.69, 9.17) is 0 Å². The van der Waals surface area contributed by atoms with E-state index in [1.807, 2.05) is 0 Å². The molecule has 0 saturated carbocycles. The van der Waals surface area contributed by atoms with Crippen molar-refractivity contribution in [3.05, 3.63) is 58.7 Å². The molecule has 0 radical (unpaired) electrons. The number of anilines is 1. The van der Waals surface area contributed by atoms with Crippen LogP contribution < -0.4 is 9.64 Å². The van der Waals surface area contributed by atoms with E-state index < -0.39 is 99.1 Å². The molecule has 0 aliphatic carbocycles. The van der Waals surface area contributed by atoms with Crippen molar-refractivity contribution in [1.29, 1.82) is 0 Å². The summed E-state index contributed by atoms with van der Waals surface area (Å²) in [6.07, 6.45) is -14.3. The predicted octanol–water partition coefficient (Wildman–Crippen LogP) is 5.97. The summed E-state index contributed by atoms with van der Waals surface area (Å²) in [7, 11) is 0.451. The van der Waals surface area contributed by atoms with Gasteiger partial charge in [0.2, 0.25) is 5.82 Å². The van der Waals surface area contributed by atoms with Crippen molar-refractivity contribution < 1.29 is 66.6 Å². The second kappa shape index (κ2) is 8.30. The van der Waals surface area contributed by atoms with Crippen LogP contribution in [0.1, 0.15) is 10.4 Å². The van der Waals surface area contributed by atoms with E-state index in [-0.39, 0.29) is 0 Å². The Morgan fingerprint density at radius 2 is 1.21 bits per heavy atom. The Hall–Kier alpha value is -3.20. The topological polar surface area (TPSA) is 29.5 Å². The molecule has 0 atom stereocenters. The molecule has 2 aromatic carbocycles. The molecular formula is C17H6F13NO2. The van der Waals surface area contributed by atoms with Gasteiger partial charge in [0.25, 0.3) is 5.91 Å². The van der Waals surface area contributed by atoms with Gasteiger partial charge in [-0.25, -0.2) is 22.0 Å². The third kappa shape index (κ3) is 4.13. The third-order valence-electron chi connectivity index (χ3n) is 4.04. The molecule has 1 amide bonds. The molecule has 0 fully saturated rings. The van der Waals surface area contributed by atoms with E-state index in [1.54, 1.807) is 0 Å². The van der Waals surface area contributed by atoms with E-state index in [0.29, 0.717) is 7.11 Å². The molecule has 0 spiro atoms. The molecule has 0 unspecified atom stereocenters. The highest BCUT2D eigenvalue weighted by atomic mass is 19.4. The number of hydrogen-bond acceptors (Lipinski definition) is 2. The Morgan fingerprint density at radius 1 is 0.727 bits per heavy atom. The van der Waals surface area contributed by atoms with Crippen LogP contribution in [0.4, 0.5) is 62.8 Å². The maximum Gasteiger partial charge on any atom is 0.452 e. The van der Waals surface area contributed by atoms with E-state index in [9.17, 15) is 61.9 Å². The standard InChI is InChI=1S/C17H6F13NO2/c1-33-13-11(22)5(2-9(21)12(13)23)14(32)31(10-4-7(19)6(18)3-8(10)20)15(24,16(25,26)27)17(28,29)30/h2-4H,1H3. The van der Waals surface area contributed by atoms with Crippen LogP contribution in [-0.2, 0) is 0 Å². The molecule has 2 rings (SSSR count). The number of benzene rings is 2. The summed E-state index contributed by atoms with van der Waals surface area (Å²) in [5.74, 6) is -25.7. The van der Waals surface area contributed by atoms with Crippen molar-refractivity contribution in [1.82, 2.24) is 0 Å². The molecule has 33 heavy (non-hydrogen) atoms. The highest BCUT2D eigenvalue weighted by Crippen LogP contribution is 2.51. The number of hydrogen-bond donors (Lipinski definition) is 0. The number of alkyl halides is 7. The van der Waals surface area contributed by atoms with Gasteiger partial charge in [-0.05, 0) is 6.07 Å². The fraction of sp³-hybridized carbons (Fsp3) is 0.235. The largest absolute Gasteiger partial charge is 0.491 e. The minimum absolute atomic E-state index is 0.451. The molecule has 3 nitrogen and oxygen atoms in total. The molecule has 0 aliphatic rings. The summed E-state index contributed by atoms with van der Waals surface area (Å²) >= 11 is 0. The molecule has 0 aromatic heterocycles. The average molecular weight is 503 g/mol. The molecule has 2 aromatic rings. The van der Waals surface area contributed by atoms with E-state index in [2.05, 4.69) is 4.74 Å². The first-order valence-corrected chi connectivity index (χ1v) is 7.93. The minimum Gasteiger partial charge on any atom is -0.491 e. The smallest absolute Gasteiger partial charge is 0.452 e. The minimum atomic E-state index is -7.16. The van der Waals surface area contributed by atoms with Crippen molar-refractivity contribution in [3.63, 3.8) is 0 Å². The van der Waals surface area contributed by atoms with Crippen LogP contribution in [0, 0.1) is 34.9 Å². The highest BCUT2D eigenvalue weighted by molar-refractivity contribution is 6.07. The first-order chi connectivity index (χ1) is 14.9. The van der Waals surface area contributed by atoms with Crippen LogP contribution in [0.2, 0.25) is 0 Å². The summed E-state index contributed by atoms with van der Waals surface area (Å²) in [5.41, 5.74) is -4.70. The Morgan fingerprint density at radius 3 is 1.67 bits per heavy atom. The van der Waals surface area contributed by atoms with Crippen molar-refractivity contribution in [3.8, 4) is 5.75 Å². The number of nitrogens with zero attached hydrogens (tertiary/aromatic N) is 1. The van der Waals surface area contributed by atoms with Gasteiger partial charge in [-0.3, -0.25) is 9.69 Å². The molecular weight excluding hydrogens is 497 g/mol. The van der Waals surface area contributed by atoms with Crippen molar-refractivity contribution in [2.24, 2.45) is 0 Å². The summed E-state index contributed by atoms with van der Waals surface area (Å²) in [4.78, 5) is 10.4. The Labute approximate surface area is 174 Å². The molecule has 0 bridgehead atoms. The lowest BCUT2D eigenvalue weighted by Gasteiger charge is -2.39. The lowest BCUT2D eigenvalue weighted by molar-refractivity contribution is -0.338. The number of carbonyl (C=O) groups excluding carboxylic acids is 1. The van der Waals surface area contributed by atoms with Crippen LogP contribution in [0.5, 0.6) is 5.75 Å². The fourth-order valence-corrected chi connectivity index (χ4v) is 2.55. The normalized spacial score (nSPS) is 12.7. The summed E-state index contributed by atoms with van der Waals surface area (Å²) < 4.78 is 181. The maximum absolute atomic E-state index is 14.7. The van der Waals surface area contributed by atoms with Crippen LogP contribution >= 0.6 is 0 Å². The SMILES string of the molecule is COc1c(F)c(F)cc(C(=O)N(c2cc(F)c(F)cc2F)C(F)(C(F)(F)F)C(F)(F)F)c1F. The second-order valence-electron chi connectivity index (χ2n) is 6.04. The van der Waals surface area contributed by atoms with Gasteiger partial charge < -0.3 is 4.74 Å². The van der Waals surface area contributed by atoms with Gasteiger partial charge in [0.15, 0.2) is 29.0 Å². The monoisotopic (exact) mass is 503 g/mol. The summed E-state index contributed by atoms with van der Waals surface area (Å²) in [5, 5.41) is 0. The predicted molar refractivity (Wildman–Crippen MR) is 81.9 cm³/mol. The number of ether oxygens (including phenoxy) is 1. The van der Waals surface area contributed by atoms with E-state index in [1.165, 1.54) is 0 Å². The van der Waals surface area contributed by atoms with Crippen LogP contribution in [-0.4, -0.2) is 31.2 Å². The van der Waals surface area contributed by atoms with Gasteiger partial charge in [0.1, 0.15) is 5.82 Å². The van der Waals surface area contributed by atoms with Gasteiger partial charge >= 0.3 is 18.1 Å². The van der Waals surface area contributed by atoms with Crippen LogP contribution in [0.25, 0.3) is 0 Å². The van der Waals surface area contributed by atoms with Crippen molar-refractivity contribution in [2.45, 2.75) is 18.1 Å². The van der Waals surface area contributed by atoms with Gasteiger partial charge in [-0.1, -0.05) is 0 Å². The number of amides is 1. The average Bonchev–Trinajstić information content (AvgIpc) is 2.67. The van der Waals surface area contributed by atoms with E-state index >= 15 is 0 Å². The van der Waals surface area contributed by atoms with Gasteiger partial charge in [0, 0.05) is 12.1 Å². The molecule has 0 saturated heterocycles. The highest BCUT2D eigenvalue weighted by Gasteiger charge is 2.78. The van der Waals surface area contributed by atoms with E-state index in [0.717, 1.165) is 0 Å². The molecule has 0 aliphatic heterocycles. The number of methoxy groups -OCH3 is 1. The van der Waals surface area contributed by atoms with Crippen molar-refractivity contribution >= 4 is 11.6 Å². The molecule has 0 N–H and O–H groups in total. The number of halogens is 13. The first-order valence-electron chi connectivity index (χ1n) is 7.93. The number of rotatable bonds is 4. The summed E-state index contributed by atoms with van der Waals surface area (Å²) in [6, 6.07) is -1.98. The zero-order chi connectivity index (χ0) is 25.7. The van der Waals surface area contributed by atoms with Crippen LogP contribution in [0.3, 0.4) is 0 Å². The maximum atomic E-state index is 14.7. The van der Waals surface area contributed by atoms with Crippen molar-refractivity contribution in [2.75, 3.05) is 12.0 Å². The second-order valence-corrected chi connectivity index (χ2v) is 6.04. The summed E-state index contributed by atoms with van der Waals surface area (Å²) in [6.45, 7) is 0. The lowest BCUT2D eigenvalue weighted by atomic mass is 10.1. The molecule has 0 heterocycles. The molecule has 182 valence electrons. The zero-order valence-corrected chi connectivity index (χ0v) is 15.4. The number of carbonyl (C=O) groups is 1. The Balaban J connectivity index is 3.01. The van der Waals surface area contributed by atoms with Crippen LogP contribution in [0.15, 0.2) is 18.2 Å². The lowest BCUT2D eigenvalue weighted by Crippen LogP contribution is -2.67. The zero-order valence-electron chi connectivity index (χ0n) is 15.4. The molecule has 16 heteroatoms. The first kappa shape index (κ1) is 26.1. The third-order valence-corrected chi connectivity index (χ3v) is 4.04. The quantitative estimate of drug-likeness (QED) is 0.293. The van der Waals surface area contributed by atoms with Gasteiger partial charge in [-0.2, -0.15) is 35.1 Å². The Bertz CT molecular complexity index is 1080. The van der Waals surface area contributed by atoms with Gasteiger partial charge in [-0.15, -0.1) is 0 Å². The van der Waals surface area contributed by atoms with Gasteiger partial charge in [0.05, 0.1) is 18.4 Å².